The Bertz CT molecular complexity index is 390. The molecule has 11 heavy (non-hydrogen) atoms. The van der Waals surface area contributed by atoms with Gasteiger partial charge in [0.05, 0.1) is 11.9 Å². The molecule has 4 heteroatoms. The van der Waals surface area contributed by atoms with Crippen LogP contribution < -0.4 is 5.73 Å². The molecule has 2 N–H and O–H groups in total. The summed E-state index contributed by atoms with van der Waals surface area (Å²) in [6, 6.07) is 0. The van der Waals surface area contributed by atoms with E-state index in [1.165, 1.54) is 0 Å². The molecule has 2 aromatic rings. The predicted molar refractivity (Wildman–Crippen MR) is 42.1 cm³/mol. The fraction of sp³-hybridized carbons (Fsp3) is 0.143. The van der Waals surface area contributed by atoms with Crippen LogP contribution in [0.4, 0.5) is 5.82 Å². The van der Waals surface area contributed by atoms with Gasteiger partial charge in [-0.05, 0) is 6.92 Å². The molecule has 0 atom stereocenters. The fourth-order valence-corrected chi connectivity index (χ4v) is 1.04. The SMILES string of the molecule is Cc1nc2cnccn2c1N. The van der Waals surface area contributed by atoms with E-state index in [1.54, 1.807) is 18.6 Å². The van der Waals surface area contributed by atoms with Crippen LogP contribution in [-0.2, 0) is 0 Å². The van der Waals surface area contributed by atoms with Gasteiger partial charge in [0.2, 0.25) is 0 Å². The molecule has 2 rings (SSSR count). The van der Waals surface area contributed by atoms with Crippen LogP contribution >= 0.6 is 0 Å². The Hall–Kier alpha value is -1.58. The van der Waals surface area contributed by atoms with Crippen molar-refractivity contribution in [3.63, 3.8) is 0 Å². The lowest BCUT2D eigenvalue weighted by Crippen LogP contribution is -1.93. The summed E-state index contributed by atoms with van der Waals surface area (Å²) in [5.41, 5.74) is 7.35. The number of hydrogen-bond donors (Lipinski definition) is 1. The van der Waals surface area contributed by atoms with Crippen molar-refractivity contribution in [1.82, 2.24) is 14.4 Å². The van der Waals surface area contributed by atoms with Gasteiger partial charge in [-0.15, -0.1) is 0 Å². The number of aromatic nitrogens is 3. The first-order valence-corrected chi connectivity index (χ1v) is 3.33. The molecule has 0 aliphatic heterocycles. The zero-order valence-electron chi connectivity index (χ0n) is 6.15. The van der Waals surface area contributed by atoms with Gasteiger partial charge >= 0.3 is 0 Å². The highest BCUT2D eigenvalue weighted by Gasteiger charge is 2.02. The van der Waals surface area contributed by atoms with Crippen LogP contribution in [0.2, 0.25) is 0 Å². The van der Waals surface area contributed by atoms with Gasteiger partial charge < -0.3 is 5.73 Å². The highest BCUT2D eigenvalue weighted by atomic mass is 15.1. The molecule has 0 spiro atoms. The second-order valence-corrected chi connectivity index (χ2v) is 2.39. The van der Waals surface area contributed by atoms with E-state index in [1.807, 2.05) is 11.3 Å². The summed E-state index contributed by atoms with van der Waals surface area (Å²) >= 11 is 0. The highest BCUT2D eigenvalue weighted by Crippen LogP contribution is 2.11. The van der Waals surface area contributed by atoms with Crippen LogP contribution in [0.3, 0.4) is 0 Å². The van der Waals surface area contributed by atoms with Gasteiger partial charge in [-0.2, -0.15) is 0 Å². The normalized spacial score (nSPS) is 10.6. The van der Waals surface area contributed by atoms with Crippen molar-refractivity contribution in [3.8, 4) is 0 Å². The molecule has 4 nitrogen and oxygen atoms in total. The zero-order chi connectivity index (χ0) is 7.84. The Morgan fingerprint density at radius 3 is 3.09 bits per heavy atom. The first-order chi connectivity index (χ1) is 5.29. The van der Waals surface area contributed by atoms with Crippen LogP contribution in [0.15, 0.2) is 18.6 Å². The molecule has 0 bridgehead atoms. The first-order valence-electron chi connectivity index (χ1n) is 3.33. The molecule has 0 aliphatic carbocycles. The Labute approximate surface area is 63.7 Å². The van der Waals surface area contributed by atoms with Gasteiger partial charge in [-0.3, -0.25) is 9.38 Å². The van der Waals surface area contributed by atoms with E-state index in [-0.39, 0.29) is 0 Å². The predicted octanol–water partition coefficient (Wildman–Crippen LogP) is 0.620. The van der Waals surface area contributed by atoms with Crippen molar-refractivity contribution >= 4 is 11.5 Å². The average Bonchev–Trinajstić information content (AvgIpc) is 2.30. The maximum atomic E-state index is 5.71. The number of hydrogen-bond acceptors (Lipinski definition) is 3. The van der Waals surface area contributed by atoms with Gasteiger partial charge in [0, 0.05) is 12.4 Å². The minimum absolute atomic E-state index is 0.683. The quantitative estimate of drug-likeness (QED) is 0.595. The standard InChI is InChI=1S/C7H8N4/c1-5-7(8)11-3-2-9-4-6(11)10-5/h2-4H,8H2,1H3. The Balaban J connectivity index is 2.92. The van der Waals surface area contributed by atoms with Gasteiger partial charge in [-0.1, -0.05) is 0 Å². The number of aryl methyl sites for hydroxylation is 1. The molecule has 2 aromatic heterocycles. The number of anilines is 1. The fourth-order valence-electron chi connectivity index (χ4n) is 1.04. The molecule has 0 amide bonds. The van der Waals surface area contributed by atoms with Crippen LogP contribution in [0.25, 0.3) is 5.65 Å². The van der Waals surface area contributed by atoms with Crippen molar-refractivity contribution in [1.29, 1.82) is 0 Å². The monoisotopic (exact) mass is 148 g/mol. The largest absolute Gasteiger partial charge is 0.383 e. The van der Waals surface area contributed by atoms with E-state index in [0.29, 0.717) is 5.82 Å². The average molecular weight is 148 g/mol. The number of nitrogen functional groups attached to an aromatic ring is 1. The third-order valence-electron chi connectivity index (χ3n) is 1.65. The minimum Gasteiger partial charge on any atom is -0.383 e. The number of imidazole rings is 1. The van der Waals surface area contributed by atoms with Crippen LogP contribution in [0.1, 0.15) is 5.69 Å². The Morgan fingerprint density at radius 1 is 1.55 bits per heavy atom. The van der Waals surface area contributed by atoms with Crippen LogP contribution in [-0.4, -0.2) is 14.4 Å². The summed E-state index contributed by atoms with van der Waals surface area (Å²) in [7, 11) is 0. The molecule has 0 saturated carbocycles. The van der Waals surface area contributed by atoms with E-state index in [0.717, 1.165) is 11.3 Å². The lowest BCUT2D eigenvalue weighted by molar-refractivity contribution is 1.13. The maximum absolute atomic E-state index is 5.71. The maximum Gasteiger partial charge on any atom is 0.157 e. The molecule has 0 radical (unpaired) electrons. The van der Waals surface area contributed by atoms with Gasteiger partial charge in [0.1, 0.15) is 5.82 Å². The lowest BCUT2D eigenvalue weighted by Gasteiger charge is -1.92. The molecule has 0 aliphatic rings. The molecule has 2 heterocycles. The van der Waals surface area contributed by atoms with E-state index in [4.69, 9.17) is 5.73 Å². The molecule has 0 saturated heterocycles. The third-order valence-corrected chi connectivity index (χ3v) is 1.65. The number of rotatable bonds is 0. The van der Waals surface area contributed by atoms with E-state index >= 15 is 0 Å². The second kappa shape index (κ2) is 1.95. The molecular weight excluding hydrogens is 140 g/mol. The summed E-state index contributed by atoms with van der Waals surface area (Å²) < 4.78 is 1.81. The third kappa shape index (κ3) is 0.756. The molecule has 0 unspecified atom stereocenters. The lowest BCUT2D eigenvalue weighted by atomic mass is 10.5. The molecular formula is C7H8N4. The van der Waals surface area contributed by atoms with Crippen LogP contribution in [0, 0.1) is 6.92 Å². The van der Waals surface area contributed by atoms with Crippen molar-refractivity contribution in [3.05, 3.63) is 24.3 Å². The summed E-state index contributed by atoms with van der Waals surface area (Å²) in [5, 5.41) is 0. The topological polar surface area (TPSA) is 56.2 Å². The van der Waals surface area contributed by atoms with Crippen molar-refractivity contribution in [2.75, 3.05) is 5.73 Å². The number of nitrogens with zero attached hydrogens (tertiary/aromatic N) is 3. The number of nitrogens with two attached hydrogens (primary N) is 1. The summed E-state index contributed by atoms with van der Waals surface area (Å²) in [4.78, 5) is 8.12. The van der Waals surface area contributed by atoms with Gasteiger partial charge in [0.25, 0.3) is 0 Å². The van der Waals surface area contributed by atoms with Crippen LogP contribution in [0.5, 0.6) is 0 Å². The van der Waals surface area contributed by atoms with Gasteiger partial charge in [-0.25, -0.2) is 4.98 Å². The smallest absolute Gasteiger partial charge is 0.157 e. The Morgan fingerprint density at radius 2 is 2.36 bits per heavy atom. The highest BCUT2D eigenvalue weighted by molar-refractivity contribution is 5.50. The summed E-state index contributed by atoms with van der Waals surface area (Å²) in [6.45, 7) is 1.88. The van der Waals surface area contributed by atoms with Gasteiger partial charge in [0.15, 0.2) is 5.65 Å². The zero-order valence-corrected chi connectivity index (χ0v) is 6.15. The minimum atomic E-state index is 0.683. The van der Waals surface area contributed by atoms with E-state index < -0.39 is 0 Å². The summed E-state index contributed by atoms with van der Waals surface area (Å²) in [5.74, 6) is 0.683. The Kier molecular flexibility index (Phi) is 1.09. The van der Waals surface area contributed by atoms with Crippen molar-refractivity contribution in [2.24, 2.45) is 0 Å². The molecule has 0 fully saturated rings. The molecule has 56 valence electrons. The van der Waals surface area contributed by atoms with E-state index in [2.05, 4.69) is 9.97 Å². The summed E-state index contributed by atoms with van der Waals surface area (Å²) in [6.07, 6.45) is 5.17. The second-order valence-electron chi connectivity index (χ2n) is 2.39. The first kappa shape index (κ1) is 6.15. The van der Waals surface area contributed by atoms with Crippen molar-refractivity contribution < 1.29 is 0 Å². The molecule has 0 aromatic carbocycles. The van der Waals surface area contributed by atoms with Crippen molar-refractivity contribution in [2.45, 2.75) is 6.92 Å². The van der Waals surface area contributed by atoms with E-state index in [9.17, 15) is 0 Å². The number of fused-ring (bicyclic) bond motifs is 1.